The summed E-state index contributed by atoms with van der Waals surface area (Å²) in [7, 11) is -3.46. The molecule has 2 heterocycles. The third kappa shape index (κ3) is 5.12. The number of likely N-dealkylation sites (tertiary alicyclic amines) is 1. The second-order valence-electron chi connectivity index (χ2n) is 8.55. The van der Waals surface area contributed by atoms with Crippen LogP contribution in [-0.2, 0) is 21.2 Å². The minimum atomic E-state index is -3.46. The zero-order valence-electron chi connectivity index (χ0n) is 19.3. The highest BCUT2D eigenvalue weighted by Crippen LogP contribution is 2.27. The number of amides is 1. The van der Waals surface area contributed by atoms with Gasteiger partial charge in [0.1, 0.15) is 5.82 Å². The van der Waals surface area contributed by atoms with Crippen LogP contribution in [0, 0.1) is 0 Å². The van der Waals surface area contributed by atoms with E-state index in [0.717, 1.165) is 41.8 Å². The summed E-state index contributed by atoms with van der Waals surface area (Å²) < 4.78 is 26.7. The van der Waals surface area contributed by atoms with Crippen LogP contribution in [0.5, 0.6) is 0 Å². The number of sulfonamides is 1. The minimum Gasteiger partial charge on any atom is -0.342 e. The summed E-state index contributed by atoms with van der Waals surface area (Å²) in [5, 5.41) is 0. The highest BCUT2D eigenvalue weighted by molar-refractivity contribution is 7.89. The van der Waals surface area contributed by atoms with Crippen LogP contribution < -0.4 is 0 Å². The van der Waals surface area contributed by atoms with Crippen LogP contribution in [0.25, 0.3) is 11.0 Å². The first-order chi connectivity index (χ1) is 15.9. The standard InChI is InChI=1S/C25H32N4O3S/c1-3-29(4-2)33(31,32)21-14-11-19(12-15-21)13-16-24(30)28-17-7-8-20(18-28)25-26-22-9-5-6-10-23(22)27-25/h5-6,9-12,14-15,20H,3-4,7-8,13,16-18H2,1-2H3,(H,26,27)/t20-/m1/s1. The van der Waals surface area contributed by atoms with Gasteiger partial charge in [-0.15, -0.1) is 0 Å². The molecule has 1 aromatic heterocycles. The van der Waals surface area contributed by atoms with Gasteiger partial charge in [-0.3, -0.25) is 4.79 Å². The van der Waals surface area contributed by atoms with Gasteiger partial charge in [0, 0.05) is 38.5 Å². The Morgan fingerprint density at radius 2 is 1.85 bits per heavy atom. The summed E-state index contributed by atoms with van der Waals surface area (Å²) in [6.45, 7) is 6.01. The van der Waals surface area contributed by atoms with E-state index in [4.69, 9.17) is 4.98 Å². The van der Waals surface area contributed by atoms with Gasteiger partial charge in [0.2, 0.25) is 15.9 Å². The molecule has 8 heteroatoms. The molecule has 176 valence electrons. The molecule has 1 atom stereocenters. The molecule has 1 saturated heterocycles. The second kappa shape index (κ2) is 10.1. The van der Waals surface area contributed by atoms with E-state index < -0.39 is 10.0 Å². The monoisotopic (exact) mass is 468 g/mol. The molecule has 1 N–H and O–H groups in total. The molecule has 0 saturated carbocycles. The molecule has 0 aliphatic carbocycles. The number of aryl methyl sites for hydroxylation is 1. The lowest BCUT2D eigenvalue weighted by Gasteiger charge is -2.32. The van der Waals surface area contributed by atoms with Crippen molar-refractivity contribution < 1.29 is 13.2 Å². The van der Waals surface area contributed by atoms with Gasteiger partial charge in [-0.1, -0.05) is 38.1 Å². The molecule has 1 amide bonds. The number of para-hydroxylation sites is 2. The molecule has 1 fully saturated rings. The van der Waals surface area contributed by atoms with Gasteiger partial charge in [0.25, 0.3) is 0 Å². The van der Waals surface area contributed by atoms with Gasteiger partial charge >= 0.3 is 0 Å². The number of benzene rings is 2. The minimum absolute atomic E-state index is 0.135. The molecule has 7 nitrogen and oxygen atoms in total. The average molecular weight is 469 g/mol. The molecular formula is C25H32N4O3S. The summed E-state index contributed by atoms with van der Waals surface area (Å²) in [6, 6.07) is 14.9. The number of H-pyrrole nitrogens is 1. The Morgan fingerprint density at radius 1 is 1.12 bits per heavy atom. The highest BCUT2D eigenvalue weighted by atomic mass is 32.2. The molecule has 1 aliphatic heterocycles. The van der Waals surface area contributed by atoms with E-state index in [2.05, 4.69) is 4.98 Å². The Hall–Kier alpha value is -2.71. The number of rotatable bonds is 8. The van der Waals surface area contributed by atoms with Crippen molar-refractivity contribution in [2.75, 3.05) is 26.2 Å². The number of piperidine rings is 1. The molecule has 33 heavy (non-hydrogen) atoms. The molecule has 4 rings (SSSR count). The zero-order valence-corrected chi connectivity index (χ0v) is 20.1. The van der Waals surface area contributed by atoms with Crippen molar-refractivity contribution in [3.05, 3.63) is 59.9 Å². The molecular weight excluding hydrogens is 436 g/mol. The number of hydrogen-bond acceptors (Lipinski definition) is 4. The number of nitrogens with zero attached hydrogens (tertiary/aromatic N) is 3. The van der Waals surface area contributed by atoms with Gasteiger partial charge < -0.3 is 9.88 Å². The van der Waals surface area contributed by atoms with Crippen molar-refractivity contribution in [1.29, 1.82) is 0 Å². The van der Waals surface area contributed by atoms with E-state index in [-0.39, 0.29) is 11.8 Å². The van der Waals surface area contributed by atoms with Crippen molar-refractivity contribution in [1.82, 2.24) is 19.2 Å². The topological polar surface area (TPSA) is 86.4 Å². The fourth-order valence-electron chi connectivity index (χ4n) is 4.54. The number of fused-ring (bicyclic) bond motifs is 1. The summed E-state index contributed by atoms with van der Waals surface area (Å²) in [6.07, 6.45) is 2.99. The quantitative estimate of drug-likeness (QED) is 0.543. The third-order valence-corrected chi connectivity index (χ3v) is 8.53. The van der Waals surface area contributed by atoms with Crippen LogP contribution >= 0.6 is 0 Å². The summed E-state index contributed by atoms with van der Waals surface area (Å²) in [5.41, 5.74) is 2.96. The van der Waals surface area contributed by atoms with Gasteiger partial charge in [0.05, 0.1) is 15.9 Å². The number of hydrogen-bond donors (Lipinski definition) is 1. The van der Waals surface area contributed by atoms with Crippen LogP contribution in [0.15, 0.2) is 53.4 Å². The van der Waals surface area contributed by atoms with Crippen molar-refractivity contribution in [2.45, 2.75) is 50.3 Å². The molecule has 3 aromatic rings. The van der Waals surface area contributed by atoms with E-state index in [9.17, 15) is 13.2 Å². The smallest absolute Gasteiger partial charge is 0.243 e. The van der Waals surface area contributed by atoms with Gasteiger partial charge in [-0.05, 0) is 49.1 Å². The van der Waals surface area contributed by atoms with Crippen LogP contribution in [0.4, 0.5) is 0 Å². The predicted octanol–water partition coefficient (Wildman–Crippen LogP) is 3.93. The van der Waals surface area contributed by atoms with E-state index >= 15 is 0 Å². The fourth-order valence-corrected chi connectivity index (χ4v) is 6.00. The van der Waals surface area contributed by atoms with Crippen molar-refractivity contribution >= 4 is 27.0 Å². The lowest BCUT2D eigenvalue weighted by Crippen LogP contribution is -2.39. The van der Waals surface area contributed by atoms with E-state index in [1.54, 1.807) is 12.1 Å². The molecule has 0 bridgehead atoms. The van der Waals surface area contributed by atoms with E-state index in [1.165, 1.54) is 4.31 Å². The van der Waals surface area contributed by atoms with Crippen LogP contribution in [0.3, 0.4) is 0 Å². The number of aromatic amines is 1. The van der Waals surface area contributed by atoms with Crippen molar-refractivity contribution in [2.24, 2.45) is 0 Å². The summed E-state index contributed by atoms with van der Waals surface area (Å²) in [4.78, 5) is 23.3. The first-order valence-corrected chi connectivity index (χ1v) is 13.2. The van der Waals surface area contributed by atoms with Crippen molar-refractivity contribution in [3.8, 4) is 0 Å². The maximum Gasteiger partial charge on any atom is 0.243 e. The summed E-state index contributed by atoms with van der Waals surface area (Å²) >= 11 is 0. The molecule has 0 spiro atoms. The Bertz CT molecular complexity index is 1170. The highest BCUT2D eigenvalue weighted by Gasteiger charge is 2.27. The summed E-state index contributed by atoms with van der Waals surface area (Å²) in [5.74, 6) is 1.31. The van der Waals surface area contributed by atoms with E-state index in [1.807, 2.05) is 55.1 Å². The van der Waals surface area contributed by atoms with Crippen LogP contribution in [0.2, 0.25) is 0 Å². The number of imidazole rings is 1. The second-order valence-corrected chi connectivity index (χ2v) is 10.5. The first-order valence-electron chi connectivity index (χ1n) is 11.7. The lowest BCUT2D eigenvalue weighted by molar-refractivity contribution is -0.132. The molecule has 0 radical (unpaired) electrons. The van der Waals surface area contributed by atoms with Gasteiger partial charge in [0.15, 0.2) is 0 Å². The van der Waals surface area contributed by atoms with Gasteiger partial charge in [-0.2, -0.15) is 4.31 Å². The Balaban J connectivity index is 1.35. The Morgan fingerprint density at radius 3 is 2.55 bits per heavy atom. The zero-order chi connectivity index (χ0) is 23.4. The molecule has 1 aliphatic rings. The van der Waals surface area contributed by atoms with Crippen LogP contribution in [-0.4, -0.2) is 59.7 Å². The van der Waals surface area contributed by atoms with Crippen LogP contribution in [0.1, 0.15) is 50.4 Å². The number of carbonyl (C=O) groups excluding carboxylic acids is 1. The maximum atomic E-state index is 12.9. The lowest BCUT2D eigenvalue weighted by atomic mass is 9.97. The van der Waals surface area contributed by atoms with Crippen molar-refractivity contribution in [3.63, 3.8) is 0 Å². The number of carbonyl (C=O) groups is 1. The largest absolute Gasteiger partial charge is 0.342 e. The fraction of sp³-hybridized carbons (Fsp3) is 0.440. The Labute approximate surface area is 195 Å². The first kappa shape index (κ1) is 23.4. The molecule has 0 unspecified atom stereocenters. The number of aromatic nitrogens is 2. The average Bonchev–Trinajstić information content (AvgIpc) is 3.28. The predicted molar refractivity (Wildman–Crippen MR) is 130 cm³/mol. The SMILES string of the molecule is CCN(CC)S(=O)(=O)c1ccc(CCC(=O)N2CCC[C@@H](c3nc4ccccc4[nH]3)C2)cc1. The van der Waals surface area contributed by atoms with E-state index in [0.29, 0.717) is 37.4 Å². The normalized spacial score (nSPS) is 17.1. The maximum absolute atomic E-state index is 12.9. The Kier molecular flexibility index (Phi) is 7.14. The van der Waals surface area contributed by atoms with Gasteiger partial charge in [-0.25, -0.2) is 13.4 Å². The number of nitrogens with one attached hydrogen (secondary N) is 1. The third-order valence-electron chi connectivity index (χ3n) is 6.46. The molecule has 2 aromatic carbocycles.